The van der Waals surface area contributed by atoms with E-state index in [4.69, 9.17) is 3.40 Å². The van der Waals surface area contributed by atoms with Gasteiger partial charge in [0.15, 0.2) is 0 Å². The van der Waals surface area contributed by atoms with Crippen LogP contribution in [0.3, 0.4) is 0 Å². The Bertz CT molecular complexity index is 7.61. The summed E-state index contributed by atoms with van der Waals surface area (Å²) < 4.78 is 8.26. The van der Waals surface area contributed by atoms with Crippen LogP contribution in [0, 0.1) is 0 Å². The van der Waals surface area contributed by atoms with E-state index in [2.05, 4.69) is 11.7 Å². The van der Waals surface area contributed by atoms with Gasteiger partial charge in [-0.05, 0) is 0 Å². The molecular weight excluding hydrogens is 156 g/mol. The molecule has 0 heterocycles. The van der Waals surface area contributed by atoms with Gasteiger partial charge >= 0.3 is 23.2 Å². The van der Waals surface area contributed by atoms with Crippen LogP contribution in [0.4, 0.5) is 0 Å². The van der Waals surface area contributed by atoms with E-state index >= 15 is 0 Å². The Morgan fingerprint density at radius 2 is 1.20 bits per heavy atom. The molecule has 0 fully saturated rings. The van der Waals surface area contributed by atoms with E-state index in [0.29, 0.717) is 19.8 Å². The van der Waals surface area contributed by atoms with Gasteiger partial charge in [-0.1, -0.05) is 0 Å². The van der Waals surface area contributed by atoms with Crippen LogP contribution >= 0.6 is 0 Å². The number of hydrogen-bond donors (Lipinski definition) is 2. The second-order valence-electron chi connectivity index (χ2n) is 0. The van der Waals surface area contributed by atoms with Gasteiger partial charge in [0.25, 0.3) is 0 Å². The quantitative estimate of drug-likeness (QED) is 0.241. The molecular formula is H6MoN2O2. The third kappa shape index (κ3) is 181. The Hall–Kier alpha value is 0.368. The minimum atomic E-state index is 0. The molecule has 0 amide bonds. The molecule has 5 heavy (non-hydrogen) atoms. The van der Waals surface area contributed by atoms with Crippen molar-refractivity contribution >= 4 is 0 Å². The summed E-state index contributed by atoms with van der Waals surface area (Å²) in [6, 6.07) is 0. The SMILES string of the molecule is NN.O.[O]=[Mo]. The van der Waals surface area contributed by atoms with Crippen LogP contribution in [-0.4, -0.2) is 5.48 Å². The predicted molar refractivity (Wildman–Crippen MR) is 12.7 cm³/mol. The van der Waals surface area contributed by atoms with Gasteiger partial charge in [0.2, 0.25) is 0 Å². The molecule has 0 unspecified atom stereocenters. The number of hydrazine groups is 1. The summed E-state index contributed by atoms with van der Waals surface area (Å²) in [5.74, 6) is 8.00. The van der Waals surface area contributed by atoms with E-state index in [0.717, 1.165) is 0 Å². The van der Waals surface area contributed by atoms with Gasteiger partial charge in [-0.15, -0.1) is 0 Å². The van der Waals surface area contributed by atoms with E-state index in [1.807, 2.05) is 0 Å². The molecule has 0 radical (unpaired) electrons. The van der Waals surface area contributed by atoms with Crippen LogP contribution in [0.25, 0.3) is 0 Å². The average molecular weight is 162 g/mol. The fourth-order valence-corrected chi connectivity index (χ4v) is 0. The van der Waals surface area contributed by atoms with Crippen molar-refractivity contribution in [2.75, 3.05) is 0 Å². The van der Waals surface area contributed by atoms with E-state index in [1.165, 1.54) is 0 Å². The number of rotatable bonds is 0. The molecule has 34 valence electrons. The van der Waals surface area contributed by atoms with Gasteiger partial charge in [-0.3, -0.25) is 11.7 Å². The Kier molecular flexibility index (Phi) is 1330. The van der Waals surface area contributed by atoms with Crippen LogP contribution in [0.15, 0.2) is 0 Å². The molecule has 0 bridgehead atoms. The Morgan fingerprint density at radius 3 is 1.20 bits per heavy atom. The van der Waals surface area contributed by atoms with Crippen LogP contribution in [0.2, 0.25) is 0 Å². The minimum absolute atomic E-state index is 0. The second-order valence-corrected chi connectivity index (χ2v) is 0. The third-order valence-corrected chi connectivity index (χ3v) is 0. The summed E-state index contributed by atoms with van der Waals surface area (Å²) in [5.41, 5.74) is 0. The van der Waals surface area contributed by atoms with Crippen molar-refractivity contribution in [3.8, 4) is 0 Å². The van der Waals surface area contributed by atoms with E-state index in [1.54, 1.807) is 0 Å². The zero-order valence-corrected chi connectivity index (χ0v) is 4.48. The van der Waals surface area contributed by atoms with Crippen LogP contribution < -0.4 is 11.7 Å². The van der Waals surface area contributed by atoms with Crippen molar-refractivity contribution in [2.45, 2.75) is 0 Å². The molecule has 0 aliphatic carbocycles. The molecule has 0 aliphatic heterocycles. The molecule has 0 aromatic heterocycles. The standard InChI is InChI=1S/Mo.H4N2.H2O.O/c;1-2;;/h;1-2H2;1H2;. The van der Waals surface area contributed by atoms with Crippen molar-refractivity contribution < 1.29 is 28.7 Å². The summed E-state index contributed by atoms with van der Waals surface area (Å²) in [4.78, 5) is 0. The summed E-state index contributed by atoms with van der Waals surface area (Å²) in [7, 11) is 0. The molecule has 0 aromatic carbocycles. The topological polar surface area (TPSA) is 101 Å². The van der Waals surface area contributed by atoms with Gasteiger partial charge in [0.1, 0.15) is 0 Å². The summed E-state index contributed by atoms with van der Waals surface area (Å²) in [6.45, 7) is 0. The zero-order chi connectivity index (χ0) is 4.00. The number of hydrogen-bond acceptors (Lipinski definition) is 3. The van der Waals surface area contributed by atoms with Gasteiger partial charge in [-0.2, -0.15) is 0 Å². The van der Waals surface area contributed by atoms with Crippen molar-refractivity contribution in [3.05, 3.63) is 0 Å². The normalized spacial score (nSPS) is 2.00. The number of nitrogens with two attached hydrogens (primary N) is 2. The third-order valence-electron chi connectivity index (χ3n) is 0. The molecule has 0 aromatic rings. The molecule has 0 spiro atoms. The fraction of sp³-hybridized carbons (Fsp3) is 0. The van der Waals surface area contributed by atoms with Crippen molar-refractivity contribution in [2.24, 2.45) is 11.7 Å². The van der Waals surface area contributed by atoms with Gasteiger partial charge in [0.05, 0.1) is 0 Å². The zero-order valence-electron chi connectivity index (χ0n) is 2.47. The molecule has 5 heteroatoms. The summed E-state index contributed by atoms with van der Waals surface area (Å²) in [6.07, 6.45) is 0. The molecule has 0 aliphatic rings. The van der Waals surface area contributed by atoms with Crippen molar-refractivity contribution in [1.29, 1.82) is 0 Å². The molecule has 4 nitrogen and oxygen atoms in total. The van der Waals surface area contributed by atoms with Gasteiger partial charge in [-0.25, -0.2) is 0 Å². The van der Waals surface area contributed by atoms with E-state index in [-0.39, 0.29) is 5.48 Å². The molecule has 0 saturated carbocycles. The molecule has 0 rings (SSSR count). The first kappa shape index (κ1) is 18.3. The fourth-order valence-electron chi connectivity index (χ4n) is 0. The predicted octanol–water partition coefficient (Wildman–Crippen LogP) is -2.13. The molecule has 6 N–H and O–H groups in total. The monoisotopic (exact) mass is 164 g/mol. The van der Waals surface area contributed by atoms with Crippen molar-refractivity contribution in [1.82, 2.24) is 0 Å². The van der Waals surface area contributed by atoms with Crippen LogP contribution in [-0.2, 0) is 23.2 Å². The molecule has 0 saturated heterocycles. The average Bonchev–Trinajstić information content (AvgIpc) is 1.50. The van der Waals surface area contributed by atoms with Gasteiger partial charge in [0, 0.05) is 0 Å². The summed E-state index contributed by atoms with van der Waals surface area (Å²) in [5, 5.41) is 0. The first-order chi connectivity index (χ1) is 2.00. The Morgan fingerprint density at radius 1 is 1.20 bits per heavy atom. The van der Waals surface area contributed by atoms with Crippen LogP contribution in [0.1, 0.15) is 0 Å². The second kappa shape index (κ2) is 365. The first-order valence-electron chi connectivity index (χ1n) is 0.500. The maximum atomic E-state index is 8.26. The van der Waals surface area contributed by atoms with E-state index < -0.39 is 0 Å². The first-order valence-corrected chi connectivity index (χ1v) is 1.32. The van der Waals surface area contributed by atoms with Gasteiger partial charge < -0.3 is 5.48 Å². The van der Waals surface area contributed by atoms with Crippen LogP contribution in [0.5, 0.6) is 0 Å². The maximum absolute atomic E-state index is 8.26. The van der Waals surface area contributed by atoms with E-state index in [9.17, 15) is 0 Å². The molecule has 0 atom stereocenters. The Labute approximate surface area is 41.0 Å². The Balaban J connectivity index is -0.0000000133. The van der Waals surface area contributed by atoms with Crippen molar-refractivity contribution in [3.63, 3.8) is 0 Å². The summed E-state index contributed by atoms with van der Waals surface area (Å²) >= 11 is 0.700.